The van der Waals surface area contributed by atoms with E-state index in [-0.39, 0.29) is 0 Å². The monoisotopic (exact) mass is 196 g/mol. The minimum atomic E-state index is 0.648. The molecule has 1 N–H and O–H groups in total. The molecule has 0 aromatic rings. The normalized spacial score (nSPS) is 38.1. The first-order valence-corrected chi connectivity index (χ1v) is 6.06. The van der Waals surface area contributed by atoms with Gasteiger partial charge in [0.25, 0.3) is 0 Å². The fraction of sp³-hybridized carbons (Fsp3) is 1.00. The van der Waals surface area contributed by atoms with Gasteiger partial charge >= 0.3 is 0 Å². The highest BCUT2D eigenvalue weighted by Gasteiger charge is 2.39. The van der Waals surface area contributed by atoms with Crippen molar-refractivity contribution in [2.24, 2.45) is 11.8 Å². The zero-order valence-corrected chi connectivity index (χ0v) is 9.79. The van der Waals surface area contributed by atoms with Gasteiger partial charge in [0, 0.05) is 18.6 Å². The van der Waals surface area contributed by atoms with Crippen molar-refractivity contribution in [3.8, 4) is 0 Å². The molecule has 0 aromatic carbocycles. The lowest BCUT2D eigenvalue weighted by molar-refractivity contribution is 0.283. The molecule has 0 spiro atoms. The smallest absolute Gasteiger partial charge is 0.0169 e. The lowest BCUT2D eigenvalue weighted by Gasteiger charge is -2.28. The summed E-state index contributed by atoms with van der Waals surface area (Å²) in [6, 6.07) is 1.48. The molecule has 4 unspecified atom stereocenters. The number of nitrogens with zero attached hydrogens (tertiary/aromatic N) is 1. The van der Waals surface area contributed by atoms with E-state index in [1.54, 1.807) is 0 Å². The Bertz CT molecular complexity index is 191. The van der Waals surface area contributed by atoms with E-state index in [1.807, 2.05) is 0 Å². The quantitative estimate of drug-likeness (QED) is 0.736. The molecule has 4 atom stereocenters. The predicted octanol–water partition coefficient (Wildman–Crippen LogP) is 1.71. The van der Waals surface area contributed by atoms with Crippen molar-refractivity contribution in [2.45, 2.75) is 44.7 Å². The average Bonchev–Trinajstić information content (AvgIpc) is 2.62. The summed E-state index contributed by atoms with van der Waals surface area (Å²) < 4.78 is 0. The van der Waals surface area contributed by atoms with Crippen LogP contribution in [0.5, 0.6) is 0 Å². The van der Waals surface area contributed by atoms with Gasteiger partial charge in [-0.3, -0.25) is 0 Å². The third-order valence-corrected chi connectivity index (χ3v) is 3.88. The molecule has 0 heterocycles. The molecule has 0 aliphatic heterocycles. The summed E-state index contributed by atoms with van der Waals surface area (Å²) in [7, 11) is 4.30. The van der Waals surface area contributed by atoms with Crippen molar-refractivity contribution in [1.82, 2.24) is 10.2 Å². The van der Waals surface area contributed by atoms with Crippen LogP contribution >= 0.6 is 0 Å². The number of hydrogen-bond donors (Lipinski definition) is 1. The van der Waals surface area contributed by atoms with Gasteiger partial charge in [0.2, 0.25) is 0 Å². The van der Waals surface area contributed by atoms with Crippen LogP contribution in [0.15, 0.2) is 0 Å². The second kappa shape index (κ2) is 4.19. The largest absolute Gasteiger partial charge is 0.310 e. The zero-order chi connectivity index (χ0) is 10.1. The molecule has 0 aromatic heterocycles. The Morgan fingerprint density at radius 3 is 2.57 bits per heavy atom. The molecule has 2 heteroatoms. The first-order valence-electron chi connectivity index (χ1n) is 6.06. The van der Waals surface area contributed by atoms with Crippen LogP contribution in [0.1, 0.15) is 32.6 Å². The summed E-state index contributed by atoms with van der Waals surface area (Å²) in [5, 5.41) is 3.80. The summed E-state index contributed by atoms with van der Waals surface area (Å²) in [5.74, 6) is 2.06. The molecular formula is C12H24N2. The number of nitrogens with one attached hydrogen (secondary N) is 1. The van der Waals surface area contributed by atoms with Gasteiger partial charge in [-0.1, -0.05) is 6.42 Å². The van der Waals surface area contributed by atoms with Crippen LogP contribution in [-0.2, 0) is 0 Å². The van der Waals surface area contributed by atoms with Gasteiger partial charge in [0.05, 0.1) is 0 Å². The number of rotatable bonds is 4. The zero-order valence-electron chi connectivity index (χ0n) is 9.79. The van der Waals surface area contributed by atoms with Crippen molar-refractivity contribution in [3.05, 3.63) is 0 Å². The van der Waals surface area contributed by atoms with Gasteiger partial charge in [-0.15, -0.1) is 0 Å². The van der Waals surface area contributed by atoms with Crippen molar-refractivity contribution < 1.29 is 0 Å². The summed E-state index contributed by atoms with van der Waals surface area (Å²) in [6.07, 6.45) is 5.94. The highest BCUT2D eigenvalue weighted by Crippen LogP contribution is 2.44. The molecule has 0 amide bonds. The number of fused-ring (bicyclic) bond motifs is 2. The van der Waals surface area contributed by atoms with Crippen LogP contribution in [0.4, 0.5) is 0 Å². The Balaban J connectivity index is 1.75. The van der Waals surface area contributed by atoms with Crippen molar-refractivity contribution in [2.75, 3.05) is 20.6 Å². The molecule has 14 heavy (non-hydrogen) atoms. The molecule has 82 valence electrons. The van der Waals surface area contributed by atoms with Crippen LogP contribution in [0.2, 0.25) is 0 Å². The van der Waals surface area contributed by atoms with Gasteiger partial charge in [-0.25, -0.2) is 0 Å². The number of hydrogen-bond acceptors (Lipinski definition) is 2. The van der Waals surface area contributed by atoms with Gasteiger partial charge in [-0.05, 0) is 52.1 Å². The van der Waals surface area contributed by atoms with Crippen molar-refractivity contribution >= 4 is 0 Å². The van der Waals surface area contributed by atoms with Crippen LogP contribution in [0.3, 0.4) is 0 Å². The standard InChI is InChI=1S/C12H24N2/c1-9(8-14(2)3)13-12-7-10-4-5-11(12)6-10/h9-13H,4-8H2,1-3H3. The van der Waals surface area contributed by atoms with Gasteiger partial charge in [0.15, 0.2) is 0 Å². The van der Waals surface area contributed by atoms with E-state index >= 15 is 0 Å². The molecule has 2 aliphatic rings. The Labute approximate surface area is 88.1 Å². The first kappa shape index (κ1) is 10.4. The molecule has 0 radical (unpaired) electrons. The molecule has 2 bridgehead atoms. The van der Waals surface area contributed by atoms with Crippen LogP contribution < -0.4 is 5.32 Å². The molecule has 2 saturated carbocycles. The molecule has 2 nitrogen and oxygen atoms in total. The maximum Gasteiger partial charge on any atom is 0.0169 e. The fourth-order valence-electron chi connectivity index (χ4n) is 3.41. The lowest BCUT2D eigenvalue weighted by Crippen LogP contribution is -2.44. The minimum Gasteiger partial charge on any atom is -0.310 e. The second-order valence-electron chi connectivity index (χ2n) is 5.61. The Kier molecular flexibility index (Phi) is 3.13. The third-order valence-electron chi connectivity index (χ3n) is 3.88. The summed E-state index contributed by atoms with van der Waals surface area (Å²) >= 11 is 0. The Morgan fingerprint density at radius 2 is 2.07 bits per heavy atom. The molecule has 2 fully saturated rings. The van der Waals surface area contributed by atoms with E-state index in [2.05, 4.69) is 31.2 Å². The average molecular weight is 196 g/mol. The van der Waals surface area contributed by atoms with Crippen LogP contribution in [-0.4, -0.2) is 37.6 Å². The first-order chi connectivity index (χ1) is 6.65. The van der Waals surface area contributed by atoms with E-state index in [4.69, 9.17) is 0 Å². The Hall–Kier alpha value is -0.0800. The van der Waals surface area contributed by atoms with E-state index in [0.29, 0.717) is 6.04 Å². The molecular weight excluding hydrogens is 172 g/mol. The maximum atomic E-state index is 3.80. The van der Waals surface area contributed by atoms with E-state index in [0.717, 1.165) is 24.4 Å². The van der Waals surface area contributed by atoms with Gasteiger partial charge in [0.1, 0.15) is 0 Å². The second-order valence-corrected chi connectivity index (χ2v) is 5.61. The predicted molar refractivity (Wildman–Crippen MR) is 60.4 cm³/mol. The van der Waals surface area contributed by atoms with Crippen molar-refractivity contribution in [1.29, 1.82) is 0 Å². The Morgan fingerprint density at radius 1 is 1.29 bits per heavy atom. The fourth-order valence-corrected chi connectivity index (χ4v) is 3.41. The van der Waals surface area contributed by atoms with Crippen LogP contribution in [0.25, 0.3) is 0 Å². The van der Waals surface area contributed by atoms with Crippen molar-refractivity contribution in [3.63, 3.8) is 0 Å². The van der Waals surface area contributed by atoms with Gasteiger partial charge in [-0.2, -0.15) is 0 Å². The van der Waals surface area contributed by atoms with Gasteiger partial charge < -0.3 is 10.2 Å². The van der Waals surface area contributed by atoms with Crippen LogP contribution in [0, 0.1) is 11.8 Å². The van der Waals surface area contributed by atoms with E-state index < -0.39 is 0 Å². The maximum absolute atomic E-state index is 3.80. The molecule has 2 rings (SSSR count). The summed E-state index contributed by atoms with van der Waals surface area (Å²) in [5.41, 5.74) is 0. The SMILES string of the molecule is CC(CN(C)C)NC1CC2CCC1C2. The third kappa shape index (κ3) is 2.29. The summed E-state index contributed by atoms with van der Waals surface area (Å²) in [6.45, 7) is 3.47. The summed E-state index contributed by atoms with van der Waals surface area (Å²) in [4.78, 5) is 2.27. The van der Waals surface area contributed by atoms with E-state index in [1.165, 1.54) is 25.7 Å². The number of likely N-dealkylation sites (N-methyl/N-ethyl adjacent to an activating group) is 1. The molecule has 2 aliphatic carbocycles. The minimum absolute atomic E-state index is 0.648. The lowest BCUT2D eigenvalue weighted by atomic mass is 9.95. The highest BCUT2D eigenvalue weighted by atomic mass is 15.1. The highest BCUT2D eigenvalue weighted by molar-refractivity contribution is 4.95. The topological polar surface area (TPSA) is 15.3 Å². The van der Waals surface area contributed by atoms with E-state index in [9.17, 15) is 0 Å². The molecule has 0 saturated heterocycles.